The molecule has 2 aromatic rings. The van der Waals surface area contributed by atoms with Crippen LogP contribution in [0.2, 0.25) is 0 Å². The average molecular weight is 378 g/mol. The zero-order valence-electron chi connectivity index (χ0n) is 14.7. The number of benzene rings is 2. The van der Waals surface area contributed by atoms with Gasteiger partial charge in [-0.3, -0.25) is 9.69 Å². The van der Waals surface area contributed by atoms with Crippen LogP contribution in [0.3, 0.4) is 0 Å². The van der Waals surface area contributed by atoms with Gasteiger partial charge in [-0.15, -0.1) is 13.2 Å². The van der Waals surface area contributed by atoms with E-state index in [2.05, 4.69) is 15.0 Å². The van der Waals surface area contributed by atoms with Crippen molar-refractivity contribution < 1.29 is 22.7 Å². The average Bonchev–Trinajstić information content (AvgIpc) is 2.64. The first-order valence-electron chi connectivity index (χ1n) is 8.82. The summed E-state index contributed by atoms with van der Waals surface area (Å²) in [5, 5.41) is 3.06. The van der Waals surface area contributed by atoms with Crippen molar-refractivity contribution in [2.45, 2.75) is 31.8 Å². The van der Waals surface area contributed by atoms with Crippen LogP contribution in [-0.4, -0.2) is 36.3 Å². The Morgan fingerprint density at radius 2 is 1.67 bits per heavy atom. The summed E-state index contributed by atoms with van der Waals surface area (Å²) in [5.74, 6) is -0.275. The first-order chi connectivity index (χ1) is 12.9. The lowest BCUT2D eigenvalue weighted by Crippen LogP contribution is -2.44. The minimum absolute atomic E-state index is 0.0608. The predicted octanol–water partition coefficient (Wildman–Crippen LogP) is 3.98. The van der Waals surface area contributed by atoms with Crippen LogP contribution in [0.4, 0.5) is 13.2 Å². The highest BCUT2D eigenvalue weighted by atomic mass is 19.4. The number of carbonyl (C=O) groups is 1. The molecule has 0 radical (unpaired) electrons. The molecule has 0 aromatic heterocycles. The third-order valence-electron chi connectivity index (χ3n) is 4.52. The Morgan fingerprint density at radius 1 is 1.04 bits per heavy atom. The van der Waals surface area contributed by atoms with Gasteiger partial charge in [-0.05, 0) is 42.7 Å². The van der Waals surface area contributed by atoms with E-state index < -0.39 is 6.36 Å². The molecule has 1 amide bonds. The summed E-state index contributed by atoms with van der Waals surface area (Å²) >= 11 is 0. The Bertz CT molecular complexity index is 740. The number of alkyl halides is 3. The molecule has 1 aliphatic rings. The molecular formula is C20H21F3N2O2. The number of rotatable bonds is 5. The zero-order valence-corrected chi connectivity index (χ0v) is 14.7. The molecule has 0 bridgehead atoms. The normalized spacial score (nSPS) is 16.1. The highest BCUT2D eigenvalue weighted by Gasteiger charge is 2.31. The lowest BCUT2D eigenvalue weighted by atomic mass is 10.0. The number of ether oxygens (including phenoxy) is 1. The first-order valence-corrected chi connectivity index (χ1v) is 8.82. The van der Waals surface area contributed by atoms with Crippen molar-refractivity contribution >= 4 is 5.91 Å². The Labute approximate surface area is 155 Å². The third kappa shape index (κ3) is 5.99. The van der Waals surface area contributed by atoms with Crippen molar-refractivity contribution in [2.75, 3.05) is 13.1 Å². The maximum atomic E-state index is 12.2. The summed E-state index contributed by atoms with van der Waals surface area (Å²) in [6.45, 7) is 2.30. The second-order valence-electron chi connectivity index (χ2n) is 6.58. The van der Waals surface area contributed by atoms with Crippen molar-refractivity contribution in [3.63, 3.8) is 0 Å². The number of hydrogen-bond acceptors (Lipinski definition) is 3. The monoisotopic (exact) mass is 378 g/mol. The highest BCUT2D eigenvalue weighted by molar-refractivity contribution is 5.94. The number of amides is 1. The molecule has 0 atom stereocenters. The van der Waals surface area contributed by atoms with Gasteiger partial charge in [0.15, 0.2) is 0 Å². The summed E-state index contributed by atoms with van der Waals surface area (Å²) in [5.41, 5.74) is 1.58. The largest absolute Gasteiger partial charge is 0.573 e. The van der Waals surface area contributed by atoms with Crippen LogP contribution < -0.4 is 10.1 Å². The molecule has 0 spiro atoms. The molecular weight excluding hydrogens is 357 g/mol. The molecule has 0 saturated carbocycles. The van der Waals surface area contributed by atoms with Crippen LogP contribution in [0.1, 0.15) is 28.8 Å². The standard InChI is InChI=1S/C20H21F3N2O2/c21-20(22,23)27-18-8-6-15(7-9-18)14-25-12-10-17(11-13-25)24-19(26)16-4-2-1-3-5-16/h1-9,17H,10-14H2,(H,24,26). The van der Waals surface area contributed by atoms with Crippen molar-refractivity contribution in [2.24, 2.45) is 0 Å². The minimum Gasteiger partial charge on any atom is -0.406 e. The summed E-state index contributed by atoms with van der Waals surface area (Å²) in [4.78, 5) is 14.4. The van der Waals surface area contributed by atoms with Crippen molar-refractivity contribution in [1.82, 2.24) is 10.2 Å². The zero-order chi connectivity index (χ0) is 19.3. The third-order valence-corrected chi connectivity index (χ3v) is 4.52. The molecule has 1 heterocycles. The number of nitrogens with one attached hydrogen (secondary N) is 1. The lowest BCUT2D eigenvalue weighted by molar-refractivity contribution is -0.274. The van der Waals surface area contributed by atoms with Gasteiger partial charge in [0.2, 0.25) is 0 Å². The summed E-state index contributed by atoms with van der Waals surface area (Å²) in [6.07, 6.45) is -2.99. The summed E-state index contributed by atoms with van der Waals surface area (Å²) < 4.78 is 40.4. The molecule has 1 aliphatic heterocycles. The maximum Gasteiger partial charge on any atom is 0.573 e. The fraction of sp³-hybridized carbons (Fsp3) is 0.350. The smallest absolute Gasteiger partial charge is 0.406 e. The van der Waals surface area contributed by atoms with E-state index in [0.717, 1.165) is 31.5 Å². The molecule has 1 N–H and O–H groups in total. The topological polar surface area (TPSA) is 41.6 Å². The fourth-order valence-electron chi connectivity index (χ4n) is 3.15. The SMILES string of the molecule is O=C(NC1CCN(Cc2ccc(OC(F)(F)F)cc2)CC1)c1ccccc1. The van der Waals surface area contributed by atoms with Crippen molar-refractivity contribution in [3.8, 4) is 5.75 Å². The van der Waals surface area contributed by atoms with E-state index in [0.29, 0.717) is 12.1 Å². The van der Waals surface area contributed by atoms with Crippen LogP contribution in [-0.2, 0) is 6.54 Å². The van der Waals surface area contributed by atoms with E-state index in [4.69, 9.17) is 0 Å². The molecule has 2 aromatic carbocycles. The Balaban J connectivity index is 1.45. The molecule has 3 rings (SSSR count). The van der Waals surface area contributed by atoms with Crippen LogP contribution in [0, 0.1) is 0 Å². The summed E-state index contributed by atoms with van der Waals surface area (Å²) in [7, 11) is 0. The van der Waals surface area contributed by atoms with Gasteiger partial charge in [0.25, 0.3) is 5.91 Å². The van der Waals surface area contributed by atoms with Crippen LogP contribution in [0.25, 0.3) is 0 Å². The lowest BCUT2D eigenvalue weighted by Gasteiger charge is -2.32. The molecule has 7 heteroatoms. The molecule has 0 unspecified atom stereocenters. The number of likely N-dealkylation sites (tertiary alicyclic amines) is 1. The number of carbonyl (C=O) groups excluding carboxylic acids is 1. The minimum atomic E-state index is -4.67. The first kappa shape index (κ1) is 19.2. The van der Waals surface area contributed by atoms with Crippen LogP contribution >= 0.6 is 0 Å². The number of nitrogens with zero attached hydrogens (tertiary/aromatic N) is 1. The van der Waals surface area contributed by atoms with Gasteiger partial charge in [0, 0.05) is 31.2 Å². The van der Waals surface area contributed by atoms with Gasteiger partial charge in [-0.25, -0.2) is 0 Å². The number of piperidine rings is 1. The van der Waals surface area contributed by atoms with Gasteiger partial charge < -0.3 is 10.1 Å². The molecule has 1 fully saturated rings. The van der Waals surface area contributed by atoms with Gasteiger partial charge in [0.1, 0.15) is 5.75 Å². The second kappa shape index (κ2) is 8.43. The van der Waals surface area contributed by atoms with E-state index in [1.807, 2.05) is 18.2 Å². The Morgan fingerprint density at radius 3 is 2.26 bits per heavy atom. The molecule has 27 heavy (non-hydrogen) atoms. The van der Waals surface area contributed by atoms with Crippen LogP contribution in [0.5, 0.6) is 5.75 Å². The van der Waals surface area contributed by atoms with Gasteiger partial charge in [-0.2, -0.15) is 0 Å². The molecule has 0 aliphatic carbocycles. The second-order valence-corrected chi connectivity index (χ2v) is 6.58. The van der Waals surface area contributed by atoms with E-state index in [1.165, 1.54) is 12.1 Å². The fourth-order valence-corrected chi connectivity index (χ4v) is 3.15. The Kier molecular flexibility index (Phi) is 6.01. The van der Waals surface area contributed by atoms with Crippen molar-refractivity contribution in [3.05, 3.63) is 65.7 Å². The van der Waals surface area contributed by atoms with Gasteiger partial charge in [-0.1, -0.05) is 30.3 Å². The van der Waals surface area contributed by atoms with Crippen molar-refractivity contribution in [1.29, 1.82) is 0 Å². The van der Waals surface area contributed by atoms with E-state index in [-0.39, 0.29) is 17.7 Å². The Hall–Kier alpha value is -2.54. The van der Waals surface area contributed by atoms with Gasteiger partial charge >= 0.3 is 6.36 Å². The quantitative estimate of drug-likeness (QED) is 0.856. The van der Waals surface area contributed by atoms with Gasteiger partial charge in [0.05, 0.1) is 0 Å². The van der Waals surface area contributed by atoms with E-state index in [1.54, 1.807) is 24.3 Å². The predicted molar refractivity (Wildman–Crippen MR) is 95.3 cm³/mol. The highest BCUT2D eigenvalue weighted by Crippen LogP contribution is 2.23. The number of hydrogen-bond donors (Lipinski definition) is 1. The molecule has 1 saturated heterocycles. The van der Waals surface area contributed by atoms with E-state index in [9.17, 15) is 18.0 Å². The number of halogens is 3. The van der Waals surface area contributed by atoms with Crippen LogP contribution in [0.15, 0.2) is 54.6 Å². The summed E-state index contributed by atoms with van der Waals surface area (Å²) in [6, 6.07) is 15.2. The molecule has 4 nitrogen and oxygen atoms in total. The molecule has 144 valence electrons. The van der Waals surface area contributed by atoms with E-state index >= 15 is 0 Å². The maximum absolute atomic E-state index is 12.2.